The molecule has 0 aromatic heterocycles. The predicted molar refractivity (Wildman–Crippen MR) is 83.9 cm³/mol. The molecule has 0 radical (unpaired) electrons. The van der Waals surface area contributed by atoms with E-state index >= 15 is 0 Å². The van der Waals surface area contributed by atoms with Crippen LogP contribution in [-0.2, 0) is 16.1 Å². The van der Waals surface area contributed by atoms with Gasteiger partial charge in [-0.3, -0.25) is 4.79 Å². The predicted octanol–water partition coefficient (Wildman–Crippen LogP) is 1.03. The minimum absolute atomic E-state index is 0.0766. The second-order valence-corrected chi connectivity index (χ2v) is 5.37. The number of primary amides is 1. The first-order valence-electron chi connectivity index (χ1n) is 7.21. The van der Waals surface area contributed by atoms with Gasteiger partial charge in [0.05, 0.1) is 0 Å². The first-order valence-corrected chi connectivity index (χ1v) is 7.21. The van der Waals surface area contributed by atoms with Gasteiger partial charge in [0.2, 0.25) is 5.91 Å². The Morgan fingerprint density at radius 1 is 1.13 bits per heavy atom. The number of benzene rings is 1. The molecule has 0 aliphatic rings. The summed E-state index contributed by atoms with van der Waals surface area (Å²) in [7, 11) is 0. The van der Waals surface area contributed by atoms with Crippen LogP contribution in [0.2, 0.25) is 0 Å². The van der Waals surface area contributed by atoms with E-state index in [2.05, 4.69) is 16.2 Å². The van der Waals surface area contributed by atoms with E-state index in [1.807, 2.05) is 32.0 Å². The standard InChI is InChI=1S/C15H22N4O4/c1-10(2)8-12(13(16)20)17-14(21)18-19-15(22)23-9-11-6-4-3-5-7-11/h3-7,10,12H,8-9H2,1-2H3,(H2,16,20)(H,19,22)(H2,17,18,21). The Bertz CT molecular complexity index is 534. The first-order chi connectivity index (χ1) is 10.9. The molecule has 0 heterocycles. The molecule has 23 heavy (non-hydrogen) atoms. The SMILES string of the molecule is CC(C)CC(NC(=O)NNC(=O)OCc1ccccc1)C(N)=O. The van der Waals surface area contributed by atoms with Crippen LogP contribution in [0.1, 0.15) is 25.8 Å². The monoisotopic (exact) mass is 322 g/mol. The summed E-state index contributed by atoms with van der Waals surface area (Å²) in [6.45, 7) is 3.87. The molecule has 0 spiro atoms. The fraction of sp³-hybridized carbons (Fsp3) is 0.400. The van der Waals surface area contributed by atoms with E-state index in [0.29, 0.717) is 6.42 Å². The van der Waals surface area contributed by atoms with Crippen LogP contribution in [0.25, 0.3) is 0 Å². The van der Waals surface area contributed by atoms with Crippen molar-refractivity contribution in [3.05, 3.63) is 35.9 Å². The molecule has 4 amide bonds. The van der Waals surface area contributed by atoms with Crippen molar-refractivity contribution in [3.8, 4) is 0 Å². The normalized spacial score (nSPS) is 11.4. The first kappa shape index (κ1) is 18.3. The molecule has 1 atom stereocenters. The summed E-state index contributed by atoms with van der Waals surface area (Å²) in [4.78, 5) is 34.3. The Labute approximate surface area is 134 Å². The molecule has 1 rings (SSSR count). The van der Waals surface area contributed by atoms with Crippen LogP contribution < -0.4 is 21.9 Å². The minimum atomic E-state index is -0.816. The van der Waals surface area contributed by atoms with Gasteiger partial charge in [-0.2, -0.15) is 0 Å². The zero-order chi connectivity index (χ0) is 17.2. The van der Waals surface area contributed by atoms with Gasteiger partial charge in [-0.05, 0) is 17.9 Å². The van der Waals surface area contributed by atoms with Crippen molar-refractivity contribution in [1.29, 1.82) is 0 Å². The summed E-state index contributed by atoms with van der Waals surface area (Å²) in [5.74, 6) is -0.461. The lowest BCUT2D eigenvalue weighted by Gasteiger charge is -2.17. The van der Waals surface area contributed by atoms with Gasteiger partial charge >= 0.3 is 12.1 Å². The van der Waals surface area contributed by atoms with Crippen molar-refractivity contribution in [3.63, 3.8) is 0 Å². The molecular weight excluding hydrogens is 300 g/mol. The van der Waals surface area contributed by atoms with Crippen molar-refractivity contribution in [1.82, 2.24) is 16.2 Å². The highest BCUT2D eigenvalue weighted by molar-refractivity contribution is 5.86. The average molecular weight is 322 g/mol. The van der Waals surface area contributed by atoms with Crippen LogP contribution in [0, 0.1) is 5.92 Å². The fourth-order valence-electron chi connectivity index (χ4n) is 1.78. The molecule has 0 aliphatic carbocycles. The number of ether oxygens (including phenoxy) is 1. The maximum atomic E-state index is 11.6. The molecule has 0 bridgehead atoms. The van der Waals surface area contributed by atoms with Gasteiger partial charge in [0, 0.05) is 0 Å². The van der Waals surface area contributed by atoms with Crippen LogP contribution in [0.5, 0.6) is 0 Å². The molecule has 1 aromatic rings. The number of hydrazine groups is 1. The third-order valence-corrected chi connectivity index (χ3v) is 2.85. The molecule has 8 nitrogen and oxygen atoms in total. The van der Waals surface area contributed by atoms with Crippen molar-refractivity contribution >= 4 is 18.0 Å². The van der Waals surface area contributed by atoms with Crippen LogP contribution >= 0.6 is 0 Å². The van der Waals surface area contributed by atoms with E-state index in [9.17, 15) is 14.4 Å². The maximum Gasteiger partial charge on any atom is 0.426 e. The van der Waals surface area contributed by atoms with Gasteiger partial charge in [0.1, 0.15) is 12.6 Å². The third-order valence-electron chi connectivity index (χ3n) is 2.85. The van der Waals surface area contributed by atoms with Gasteiger partial charge in [-0.1, -0.05) is 44.2 Å². The summed E-state index contributed by atoms with van der Waals surface area (Å²) in [6, 6.07) is 7.54. The van der Waals surface area contributed by atoms with Gasteiger partial charge in [0.25, 0.3) is 0 Å². The number of carbonyl (C=O) groups excluding carboxylic acids is 3. The van der Waals surface area contributed by atoms with Crippen LogP contribution in [0.3, 0.4) is 0 Å². The molecule has 0 saturated heterocycles. The van der Waals surface area contributed by atoms with E-state index in [1.54, 1.807) is 12.1 Å². The Morgan fingerprint density at radius 3 is 2.35 bits per heavy atom. The Balaban J connectivity index is 2.31. The number of carbonyl (C=O) groups is 3. The van der Waals surface area contributed by atoms with Crippen molar-refractivity contribution in [2.75, 3.05) is 0 Å². The third kappa shape index (κ3) is 7.70. The minimum Gasteiger partial charge on any atom is -0.443 e. The average Bonchev–Trinajstić information content (AvgIpc) is 2.50. The van der Waals surface area contributed by atoms with Gasteiger partial charge < -0.3 is 15.8 Å². The maximum absolute atomic E-state index is 11.6. The van der Waals surface area contributed by atoms with Crippen molar-refractivity contribution < 1.29 is 19.1 Å². The number of hydrogen-bond donors (Lipinski definition) is 4. The van der Waals surface area contributed by atoms with Crippen LogP contribution in [-0.4, -0.2) is 24.1 Å². The summed E-state index contributed by atoms with van der Waals surface area (Å²) in [5.41, 5.74) is 10.2. The van der Waals surface area contributed by atoms with Crippen molar-refractivity contribution in [2.24, 2.45) is 11.7 Å². The molecule has 8 heteroatoms. The van der Waals surface area contributed by atoms with Crippen LogP contribution in [0.15, 0.2) is 30.3 Å². The lowest BCUT2D eigenvalue weighted by atomic mass is 10.0. The fourth-order valence-corrected chi connectivity index (χ4v) is 1.78. The second kappa shape index (κ2) is 9.29. The molecule has 1 unspecified atom stereocenters. The molecular formula is C15H22N4O4. The van der Waals surface area contributed by atoms with Gasteiger partial charge in [0.15, 0.2) is 0 Å². The number of nitrogens with two attached hydrogens (primary N) is 1. The zero-order valence-electron chi connectivity index (χ0n) is 13.2. The lowest BCUT2D eigenvalue weighted by Crippen LogP contribution is -2.53. The highest BCUT2D eigenvalue weighted by Crippen LogP contribution is 2.04. The summed E-state index contributed by atoms with van der Waals surface area (Å²) < 4.78 is 4.91. The highest BCUT2D eigenvalue weighted by atomic mass is 16.6. The lowest BCUT2D eigenvalue weighted by molar-refractivity contribution is -0.120. The zero-order valence-corrected chi connectivity index (χ0v) is 13.2. The number of urea groups is 1. The molecule has 5 N–H and O–H groups in total. The summed E-state index contributed by atoms with van der Waals surface area (Å²) in [6.07, 6.45) is -0.412. The van der Waals surface area contributed by atoms with Gasteiger partial charge in [-0.15, -0.1) is 0 Å². The molecule has 0 saturated carbocycles. The summed E-state index contributed by atoms with van der Waals surface area (Å²) >= 11 is 0. The van der Waals surface area contributed by atoms with Gasteiger partial charge in [-0.25, -0.2) is 20.4 Å². The highest BCUT2D eigenvalue weighted by Gasteiger charge is 2.19. The van der Waals surface area contributed by atoms with E-state index < -0.39 is 24.1 Å². The largest absolute Gasteiger partial charge is 0.443 e. The van der Waals surface area contributed by atoms with Crippen molar-refractivity contribution in [2.45, 2.75) is 32.9 Å². The second-order valence-electron chi connectivity index (χ2n) is 5.37. The molecule has 126 valence electrons. The van der Waals surface area contributed by atoms with E-state index in [1.165, 1.54) is 0 Å². The number of amides is 4. The van der Waals surface area contributed by atoms with Crippen LogP contribution in [0.4, 0.5) is 9.59 Å². The molecule has 1 aromatic carbocycles. The summed E-state index contributed by atoms with van der Waals surface area (Å²) in [5, 5.41) is 2.38. The molecule has 0 aliphatic heterocycles. The molecule has 0 fully saturated rings. The van der Waals surface area contributed by atoms with E-state index in [-0.39, 0.29) is 12.5 Å². The quantitative estimate of drug-likeness (QED) is 0.584. The Morgan fingerprint density at radius 2 is 1.78 bits per heavy atom. The Hall–Kier alpha value is -2.77. The Kier molecular flexibility index (Phi) is 7.38. The smallest absolute Gasteiger partial charge is 0.426 e. The van der Waals surface area contributed by atoms with E-state index in [0.717, 1.165) is 5.56 Å². The number of hydrogen-bond acceptors (Lipinski definition) is 4. The number of rotatable bonds is 6. The van der Waals surface area contributed by atoms with E-state index in [4.69, 9.17) is 10.5 Å². The number of nitrogens with one attached hydrogen (secondary N) is 3. The topological polar surface area (TPSA) is 123 Å².